The number of halogens is 3. The molecule has 174 valence electrons. The van der Waals surface area contributed by atoms with Crippen LogP contribution in [0, 0.1) is 9.39 Å². The molecule has 3 heterocycles. The van der Waals surface area contributed by atoms with Gasteiger partial charge in [0.05, 0.1) is 16.6 Å². The summed E-state index contributed by atoms with van der Waals surface area (Å²) in [6.07, 6.45) is 2.41. The summed E-state index contributed by atoms with van der Waals surface area (Å²) in [5, 5.41) is 1.28. The number of fused-ring (bicyclic) bond motifs is 3. The maximum absolute atomic E-state index is 15.1. The van der Waals surface area contributed by atoms with Gasteiger partial charge in [-0.05, 0) is 77.0 Å². The van der Waals surface area contributed by atoms with Crippen molar-refractivity contribution in [3.05, 3.63) is 19.9 Å². The van der Waals surface area contributed by atoms with Crippen molar-refractivity contribution in [2.24, 2.45) is 0 Å². The van der Waals surface area contributed by atoms with Crippen LogP contribution in [-0.4, -0.2) is 57.5 Å². The molecule has 0 spiro atoms. The number of aromatic nitrogens is 2. The highest BCUT2D eigenvalue weighted by molar-refractivity contribution is 14.1. The molecule has 0 N–H and O–H groups in total. The van der Waals surface area contributed by atoms with Crippen molar-refractivity contribution in [1.29, 1.82) is 0 Å². The Kier molecular flexibility index (Phi) is 7.13. The van der Waals surface area contributed by atoms with Crippen molar-refractivity contribution in [2.45, 2.75) is 69.8 Å². The third-order valence-electron chi connectivity index (χ3n) is 6.02. The smallest absolute Gasteiger partial charge is 0.410 e. The lowest BCUT2D eigenvalue weighted by Crippen LogP contribution is -2.50. The average molecular weight is 637 g/mol. The molecule has 1 aromatic heterocycles. The molecule has 1 aromatic carbocycles. The molecule has 6 nitrogen and oxygen atoms in total. The van der Waals surface area contributed by atoms with E-state index < -0.39 is 5.60 Å². The van der Waals surface area contributed by atoms with Crippen LogP contribution in [0.15, 0.2) is 15.7 Å². The zero-order valence-electron chi connectivity index (χ0n) is 18.6. The molecule has 2 aliphatic rings. The van der Waals surface area contributed by atoms with Gasteiger partial charge < -0.3 is 14.5 Å². The monoisotopic (exact) mass is 636 g/mol. The summed E-state index contributed by atoms with van der Waals surface area (Å²) >= 11 is 6.96. The predicted octanol–water partition coefficient (Wildman–Crippen LogP) is 6.23. The summed E-state index contributed by atoms with van der Waals surface area (Å²) in [5.41, 5.74) is -0.136. The van der Waals surface area contributed by atoms with Crippen molar-refractivity contribution < 1.29 is 13.9 Å². The summed E-state index contributed by atoms with van der Waals surface area (Å²) in [6, 6.07) is 2.13. The number of anilines is 1. The zero-order valence-corrected chi connectivity index (χ0v) is 23.2. The summed E-state index contributed by atoms with van der Waals surface area (Å²) in [5.74, 6) is 1.19. The number of hydrogen-bond donors (Lipinski definition) is 0. The Morgan fingerprint density at radius 2 is 2.09 bits per heavy atom. The molecule has 32 heavy (non-hydrogen) atoms. The fourth-order valence-electron chi connectivity index (χ4n) is 4.65. The maximum Gasteiger partial charge on any atom is 0.410 e. The molecular formula is C22H27BrFIN4O2S. The summed E-state index contributed by atoms with van der Waals surface area (Å²) in [4.78, 5) is 26.2. The van der Waals surface area contributed by atoms with E-state index in [1.807, 2.05) is 31.7 Å². The predicted molar refractivity (Wildman–Crippen MR) is 138 cm³/mol. The minimum absolute atomic E-state index is 0.0663. The Morgan fingerprint density at radius 1 is 1.34 bits per heavy atom. The van der Waals surface area contributed by atoms with Crippen LogP contribution in [0.5, 0.6) is 0 Å². The number of carbonyl (C=O) groups is 1. The summed E-state index contributed by atoms with van der Waals surface area (Å²) in [6.45, 7) is 9.28. The van der Waals surface area contributed by atoms with Crippen LogP contribution in [0.2, 0.25) is 0 Å². The number of thioether (sulfide) groups is 1. The fraction of sp³-hybridized carbons (Fsp3) is 0.591. The van der Waals surface area contributed by atoms with E-state index in [9.17, 15) is 4.79 Å². The lowest BCUT2D eigenvalue weighted by atomic mass is 10.0. The highest BCUT2D eigenvalue weighted by Crippen LogP contribution is 2.40. The van der Waals surface area contributed by atoms with Gasteiger partial charge in [-0.15, -0.1) is 0 Å². The van der Waals surface area contributed by atoms with Crippen molar-refractivity contribution in [1.82, 2.24) is 14.9 Å². The van der Waals surface area contributed by atoms with Gasteiger partial charge in [0.25, 0.3) is 0 Å². The van der Waals surface area contributed by atoms with Crippen molar-refractivity contribution in [3.8, 4) is 0 Å². The zero-order chi connectivity index (χ0) is 23.2. The molecule has 10 heteroatoms. The van der Waals surface area contributed by atoms with Gasteiger partial charge >= 0.3 is 6.09 Å². The van der Waals surface area contributed by atoms with Gasteiger partial charge in [0.15, 0.2) is 11.0 Å². The highest BCUT2D eigenvalue weighted by atomic mass is 127. The number of nitrogens with zero attached hydrogens (tertiary/aromatic N) is 4. The first-order chi connectivity index (χ1) is 15.1. The number of hydrogen-bond acceptors (Lipinski definition) is 6. The fourth-order valence-corrected chi connectivity index (χ4v) is 6.06. The van der Waals surface area contributed by atoms with E-state index in [0.29, 0.717) is 33.6 Å². The number of piperazine rings is 1. The first kappa shape index (κ1) is 24.3. The largest absolute Gasteiger partial charge is 0.443 e. The molecule has 0 saturated carbocycles. The second-order valence-corrected chi connectivity index (χ2v) is 12.1. The first-order valence-electron chi connectivity index (χ1n) is 10.9. The third kappa shape index (κ3) is 4.55. The molecule has 0 radical (unpaired) electrons. The molecule has 2 atom stereocenters. The number of benzene rings is 1. The quantitative estimate of drug-likeness (QED) is 0.162. The molecule has 2 bridgehead atoms. The summed E-state index contributed by atoms with van der Waals surface area (Å²) in [7, 11) is 0. The van der Waals surface area contributed by atoms with E-state index in [4.69, 9.17) is 9.72 Å². The van der Waals surface area contributed by atoms with Crippen LogP contribution >= 0.6 is 50.3 Å². The van der Waals surface area contributed by atoms with Crippen molar-refractivity contribution >= 4 is 73.1 Å². The number of likely N-dealkylation sites (tertiary alicyclic amines) is 1. The van der Waals surface area contributed by atoms with Crippen LogP contribution in [0.25, 0.3) is 10.9 Å². The van der Waals surface area contributed by atoms with E-state index in [0.717, 1.165) is 34.4 Å². The lowest BCUT2D eigenvalue weighted by Gasteiger charge is -2.36. The Balaban J connectivity index is 1.63. The van der Waals surface area contributed by atoms with Gasteiger partial charge in [-0.25, -0.2) is 19.2 Å². The van der Waals surface area contributed by atoms with Crippen molar-refractivity contribution in [2.75, 3.05) is 23.7 Å². The minimum Gasteiger partial charge on any atom is -0.443 e. The van der Waals surface area contributed by atoms with Gasteiger partial charge in [-0.2, -0.15) is 0 Å². The number of amides is 1. The third-order valence-corrected chi connectivity index (χ3v) is 9.12. The van der Waals surface area contributed by atoms with Crippen LogP contribution in [-0.2, 0) is 4.74 Å². The van der Waals surface area contributed by atoms with Crippen LogP contribution in [0.4, 0.5) is 15.0 Å². The second kappa shape index (κ2) is 9.40. The number of carbonyl (C=O) groups excluding carboxylic acids is 1. The van der Waals surface area contributed by atoms with Gasteiger partial charge in [0, 0.05) is 22.0 Å². The van der Waals surface area contributed by atoms with Gasteiger partial charge in [-0.1, -0.05) is 32.0 Å². The van der Waals surface area contributed by atoms with Gasteiger partial charge in [0.1, 0.15) is 16.9 Å². The Hall–Kier alpha value is -0.880. The summed E-state index contributed by atoms with van der Waals surface area (Å²) < 4.78 is 22.1. The Bertz CT molecular complexity index is 1060. The minimum atomic E-state index is -0.468. The highest BCUT2D eigenvalue weighted by Gasteiger charge is 2.47. The first-order valence-corrected chi connectivity index (χ1v) is 13.7. The average Bonchev–Trinajstić information content (AvgIpc) is 3.33. The molecule has 0 unspecified atom stereocenters. The lowest BCUT2D eigenvalue weighted by molar-refractivity contribution is 0.00512. The molecule has 2 saturated heterocycles. The van der Waals surface area contributed by atoms with Crippen LogP contribution < -0.4 is 4.90 Å². The van der Waals surface area contributed by atoms with Crippen LogP contribution in [0.1, 0.15) is 47.0 Å². The topological polar surface area (TPSA) is 58.6 Å². The van der Waals surface area contributed by atoms with Gasteiger partial charge in [0.2, 0.25) is 0 Å². The van der Waals surface area contributed by atoms with E-state index in [2.05, 4.69) is 55.3 Å². The normalized spacial score (nSPS) is 20.5. The maximum atomic E-state index is 15.1. The van der Waals surface area contributed by atoms with Crippen molar-refractivity contribution in [3.63, 3.8) is 0 Å². The molecular weight excluding hydrogens is 610 g/mol. The van der Waals surface area contributed by atoms with E-state index in [1.54, 1.807) is 0 Å². The van der Waals surface area contributed by atoms with Gasteiger partial charge in [-0.3, -0.25) is 0 Å². The second-order valence-electron chi connectivity index (χ2n) is 8.87. The molecule has 2 aliphatic heterocycles. The Morgan fingerprint density at radius 3 is 2.72 bits per heavy atom. The molecule has 0 aliphatic carbocycles. The standard InChI is InChI=1S/C22H27BrFIN4O2S/c1-5-7-22(3,4)31-21(30)29-11-12-8-13(29)10-28(12)19-14-9-15(25)16(23)17(24)18(14)26-20(27-19)32-6-2/h9,12-13H,5-8,10-11H2,1-4H3/t12-,13-/m0/s1. The Labute approximate surface area is 214 Å². The number of ether oxygens (including phenoxy) is 1. The van der Waals surface area contributed by atoms with E-state index in [1.165, 1.54) is 11.8 Å². The van der Waals surface area contributed by atoms with E-state index in [-0.39, 0.29) is 24.0 Å². The molecule has 1 amide bonds. The molecule has 2 aromatic rings. The molecule has 4 rings (SSSR count). The number of rotatable bonds is 6. The SMILES string of the molecule is CCCC(C)(C)OC(=O)N1C[C@@H]2C[C@H]1CN2c1nc(SCC)nc2c(F)c(Br)c(I)cc12. The van der Waals surface area contributed by atoms with E-state index >= 15 is 4.39 Å². The molecule has 2 fully saturated rings. The van der Waals surface area contributed by atoms with Crippen LogP contribution in [0.3, 0.4) is 0 Å².